The average molecular weight is 231 g/mol. The zero-order valence-electron chi connectivity index (χ0n) is 9.18. The first-order chi connectivity index (χ1) is 8.25. The van der Waals surface area contributed by atoms with E-state index in [-0.39, 0.29) is 0 Å². The van der Waals surface area contributed by atoms with Gasteiger partial charge in [0.2, 0.25) is 0 Å². The molecule has 0 atom stereocenters. The molecule has 0 unspecified atom stereocenters. The van der Waals surface area contributed by atoms with Crippen molar-refractivity contribution in [3.8, 4) is 0 Å². The van der Waals surface area contributed by atoms with E-state index in [1.165, 1.54) is 0 Å². The largest absolute Gasteiger partial charge is 0.478 e. The quantitative estimate of drug-likeness (QED) is 0.726. The Morgan fingerprint density at radius 1 is 1.24 bits per heavy atom. The highest BCUT2D eigenvalue weighted by Gasteiger charge is 2.01. The fraction of sp³-hybridized carbons (Fsp3) is 0.167. The van der Waals surface area contributed by atoms with Crippen molar-refractivity contribution in [2.75, 3.05) is 0 Å². The van der Waals surface area contributed by atoms with Crippen LogP contribution >= 0.6 is 0 Å². The maximum atomic E-state index is 10.7. The van der Waals surface area contributed by atoms with Crippen LogP contribution in [0.3, 0.4) is 0 Å². The summed E-state index contributed by atoms with van der Waals surface area (Å²) < 4.78 is 0. The third-order valence-corrected chi connectivity index (χ3v) is 2.40. The second kappa shape index (κ2) is 5.27. The first kappa shape index (κ1) is 11.3. The number of H-pyrrole nitrogens is 1. The number of aromatic carboxylic acids is 1. The third-order valence-electron chi connectivity index (χ3n) is 2.40. The van der Waals surface area contributed by atoms with E-state index in [9.17, 15) is 4.79 Å². The molecule has 5 heteroatoms. The molecule has 0 saturated heterocycles. The highest BCUT2D eigenvalue weighted by atomic mass is 16.4. The number of carboxylic acids is 1. The Hall–Kier alpha value is -2.14. The zero-order valence-corrected chi connectivity index (χ0v) is 9.18. The van der Waals surface area contributed by atoms with Gasteiger partial charge in [0.25, 0.3) is 0 Å². The topological polar surface area (TPSA) is 78.0 Å². The molecular weight excluding hydrogens is 218 g/mol. The van der Waals surface area contributed by atoms with Crippen molar-refractivity contribution in [2.45, 2.75) is 13.1 Å². The van der Waals surface area contributed by atoms with Gasteiger partial charge in [-0.1, -0.05) is 12.1 Å². The summed E-state index contributed by atoms with van der Waals surface area (Å²) in [5.41, 5.74) is 2.38. The molecule has 1 aromatic carbocycles. The van der Waals surface area contributed by atoms with Crippen LogP contribution in [0.15, 0.2) is 36.5 Å². The van der Waals surface area contributed by atoms with Crippen LogP contribution in [0, 0.1) is 0 Å². The molecule has 0 aliphatic rings. The van der Waals surface area contributed by atoms with E-state index in [1.54, 1.807) is 18.3 Å². The molecule has 0 fully saturated rings. The minimum absolute atomic E-state index is 0.308. The van der Waals surface area contributed by atoms with Gasteiger partial charge in [-0.05, 0) is 23.8 Å². The molecule has 3 N–H and O–H groups in total. The standard InChI is InChI=1S/C12H13N3O2/c16-12(17)10-3-1-9(2-4-10)7-13-8-11-5-6-14-15-11/h1-6,13H,7-8H2,(H,14,15)(H,16,17). The molecule has 0 aliphatic heterocycles. The van der Waals surface area contributed by atoms with E-state index in [0.29, 0.717) is 18.7 Å². The number of hydrogen-bond donors (Lipinski definition) is 3. The molecule has 0 saturated carbocycles. The number of benzene rings is 1. The van der Waals surface area contributed by atoms with E-state index >= 15 is 0 Å². The summed E-state index contributed by atoms with van der Waals surface area (Å²) in [6.07, 6.45) is 1.71. The molecule has 0 amide bonds. The Kier molecular flexibility index (Phi) is 3.52. The number of carboxylic acid groups (broad SMARTS) is 1. The SMILES string of the molecule is O=C(O)c1ccc(CNCc2ccn[nH]2)cc1. The number of aromatic amines is 1. The maximum Gasteiger partial charge on any atom is 0.335 e. The van der Waals surface area contributed by atoms with Gasteiger partial charge in [0.15, 0.2) is 0 Å². The van der Waals surface area contributed by atoms with E-state index in [1.807, 2.05) is 18.2 Å². The predicted molar refractivity (Wildman–Crippen MR) is 62.5 cm³/mol. The number of nitrogens with zero attached hydrogens (tertiary/aromatic N) is 1. The number of carbonyl (C=O) groups is 1. The number of rotatable bonds is 5. The lowest BCUT2D eigenvalue weighted by atomic mass is 10.1. The lowest BCUT2D eigenvalue weighted by Gasteiger charge is -2.03. The Morgan fingerprint density at radius 2 is 2.00 bits per heavy atom. The Morgan fingerprint density at radius 3 is 2.59 bits per heavy atom. The van der Waals surface area contributed by atoms with Gasteiger partial charge < -0.3 is 10.4 Å². The molecule has 0 spiro atoms. The smallest absolute Gasteiger partial charge is 0.335 e. The van der Waals surface area contributed by atoms with Gasteiger partial charge in [0.1, 0.15) is 0 Å². The Labute approximate surface area is 98.5 Å². The highest BCUT2D eigenvalue weighted by Crippen LogP contribution is 2.04. The summed E-state index contributed by atoms with van der Waals surface area (Å²) in [7, 11) is 0. The molecular formula is C12H13N3O2. The van der Waals surface area contributed by atoms with Crippen LogP contribution in [-0.4, -0.2) is 21.3 Å². The molecule has 0 radical (unpaired) electrons. The predicted octanol–water partition coefficient (Wildman–Crippen LogP) is 1.40. The van der Waals surface area contributed by atoms with Gasteiger partial charge in [-0.3, -0.25) is 5.10 Å². The van der Waals surface area contributed by atoms with Crippen molar-refractivity contribution < 1.29 is 9.90 Å². The van der Waals surface area contributed by atoms with Crippen LogP contribution in [0.2, 0.25) is 0 Å². The van der Waals surface area contributed by atoms with E-state index < -0.39 is 5.97 Å². The van der Waals surface area contributed by atoms with Crippen LogP contribution in [0.25, 0.3) is 0 Å². The minimum atomic E-state index is -0.901. The number of hydrogen-bond acceptors (Lipinski definition) is 3. The summed E-state index contributed by atoms with van der Waals surface area (Å²) in [6.45, 7) is 1.40. The fourth-order valence-corrected chi connectivity index (χ4v) is 1.49. The molecule has 1 aromatic heterocycles. The van der Waals surface area contributed by atoms with Crippen LogP contribution in [0.1, 0.15) is 21.6 Å². The lowest BCUT2D eigenvalue weighted by molar-refractivity contribution is 0.0697. The number of nitrogens with one attached hydrogen (secondary N) is 2. The van der Waals surface area contributed by atoms with Gasteiger partial charge in [-0.15, -0.1) is 0 Å². The average Bonchev–Trinajstić information content (AvgIpc) is 2.83. The van der Waals surface area contributed by atoms with Gasteiger partial charge >= 0.3 is 5.97 Å². The van der Waals surface area contributed by atoms with Gasteiger partial charge in [-0.25, -0.2) is 4.79 Å². The molecule has 88 valence electrons. The molecule has 0 bridgehead atoms. The normalized spacial score (nSPS) is 10.4. The zero-order chi connectivity index (χ0) is 12.1. The van der Waals surface area contributed by atoms with Crippen molar-refractivity contribution in [3.05, 3.63) is 53.3 Å². The van der Waals surface area contributed by atoms with Gasteiger partial charge in [-0.2, -0.15) is 5.10 Å². The minimum Gasteiger partial charge on any atom is -0.478 e. The third kappa shape index (κ3) is 3.15. The van der Waals surface area contributed by atoms with E-state index in [0.717, 1.165) is 11.3 Å². The molecule has 2 aromatic rings. The van der Waals surface area contributed by atoms with Crippen LogP contribution < -0.4 is 5.32 Å². The lowest BCUT2D eigenvalue weighted by Crippen LogP contribution is -2.13. The van der Waals surface area contributed by atoms with Crippen molar-refractivity contribution in [3.63, 3.8) is 0 Å². The molecule has 2 rings (SSSR count). The van der Waals surface area contributed by atoms with Gasteiger partial charge in [0.05, 0.1) is 5.56 Å². The molecule has 5 nitrogen and oxygen atoms in total. The Bertz CT molecular complexity index is 477. The molecule has 0 aliphatic carbocycles. The molecule has 17 heavy (non-hydrogen) atoms. The summed E-state index contributed by atoms with van der Waals surface area (Å²) in [6, 6.07) is 8.73. The van der Waals surface area contributed by atoms with E-state index in [2.05, 4.69) is 15.5 Å². The second-order valence-electron chi connectivity index (χ2n) is 3.69. The fourth-order valence-electron chi connectivity index (χ4n) is 1.49. The van der Waals surface area contributed by atoms with Crippen molar-refractivity contribution >= 4 is 5.97 Å². The molecule has 1 heterocycles. The number of aromatic nitrogens is 2. The van der Waals surface area contributed by atoms with Crippen molar-refractivity contribution in [1.82, 2.24) is 15.5 Å². The highest BCUT2D eigenvalue weighted by molar-refractivity contribution is 5.87. The Balaban J connectivity index is 1.85. The summed E-state index contributed by atoms with van der Waals surface area (Å²) in [5, 5.41) is 18.7. The summed E-state index contributed by atoms with van der Waals surface area (Å²) in [4.78, 5) is 10.7. The van der Waals surface area contributed by atoms with Crippen molar-refractivity contribution in [2.24, 2.45) is 0 Å². The second-order valence-corrected chi connectivity index (χ2v) is 3.69. The first-order valence-corrected chi connectivity index (χ1v) is 5.27. The van der Waals surface area contributed by atoms with Crippen LogP contribution in [0.4, 0.5) is 0 Å². The van der Waals surface area contributed by atoms with Crippen molar-refractivity contribution in [1.29, 1.82) is 0 Å². The maximum absolute atomic E-state index is 10.7. The van der Waals surface area contributed by atoms with E-state index in [4.69, 9.17) is 5.11 Å². The van der Waals surface area contributed by atoms with Crippen LogP contribution in [-0.2, 0) is 13.1 Å². The first-order valence-electron chi connectivity index (χ1n) is 5.27. The van der Waals surface area contributed by atoms with Crippen LogP contribution in [0.5, 0.6) is 0 Å². The summed E-state index contributed by atoms with van der Waals surface area (Å²) in [5.74, 6) is -0.901. The monoisotopic (exact) mass is 231 g/mol. The van der Waals surface area contributed by atoms with Gasteiger partial charge in [0, 0.05) is 25.0 Å². The summed E-state index contributed by atoms with van der Waals surface area (Å²) >= 11 is 0.